The highest BCUT2D eigenvalue weighted by molar-refractivity contribution is 5.13. The molecule has 0 N–H and O–H groups in total. The summed E-state index contributed by atoms with van der Waals surface area (Å²) in [5.74, 6) is 0. The zero-order chi connectivity index (χ0) is 6.69. The molecule has 1 rings (SSSR count). The quantitative estimate of drug-likeness (QED) is 0.543. The fraction of sp³-hybridized carbons (Fsp3) is 0.250. The molecule has 1 heteroatoms. The lowest BCUT2D eigenvalue weighted by Gasteiger charge is -2.03. The van der Waals surface area contributed by atoms with Crippen molar-refractivity contribution < 1.29 is 22.6 Å². The van der Waals surface area contributed by atoms with Crippen molar-refractivity contribution in [2.75, 3.05) is 0 Å². The Morgan fingerprint density at radius 3 is 2.22 bits per heavy atom. The van der Waals surface area contributed by atoms with Crippen LogP contribution in [-0.2, 0) is 6.42 Å². The molecule has 0 bridgehead atoms. The summed E-state index contributed by atoms with van der Waals surface area (Å²) >= 11 is 2.31. The summed E-state index contributed by atoms with van der Waals surface area (Å²) in [6, 6.07) is 8.61. The SMILES string of the molecule is CCc1ccc([I-])cc1. The van der Waals surface area contributed by atoms with E-state index in [9.17, 15) is 0 Å². The zero-order valence-electron chi connectivity index (χ0n) is 5.39. The van der Waals surface area contributed by atoms with Crippen LogP contribution in [0.1, 0.15) is 12.5 Å². The van der Waals surface area contributed by atoms with E-state index in [1.165, 1.54) is 9.13 Å². The average Bonchev–Trinajstić information content (AvgIpc) is 1.90. The van der Waals surface area contributed by atoms with E-state index in [1.807, 2.05) is 0 Å². The minimum Gasteiger partial charge on any atom is -0.759 e. The Balaban J connectivity index is 2.88. The Bertz CT molecular complexity index is 176. The largest absolute Gasteiger partial charge is 0.759 e. The van der Waals surface area contributed by atoms with Crippen LogP contribution in [0.2, 0.25) is 0 Å². The van der Waals surface area contributed by atoms with E-state index in [-0.39, 0.29) is 0 Å². The topological polar surface area (TPSA) is 0 Å². The normalized spacial score (nSPS) is 9.56. The maximum Gasteiger partial charge on any atom is -0.0307 e. The third-order valence-corrected chi connectivity index (χ3v) is 2.04. The Kier molecular flexibility index (Phi) is 2.51. The van der Waals surface area contributed by atoms with Gasteiger partial charge in [-0.15, -0.1) is 0 Å². The molecule has 9 heavy (non-hydrogen) atoms. The number of benzene rings is 1. The van der Waals surface area contributed by atoms with Crippen LogP contribution in [0.25, 0.3) is 0 Å². The summed E-state index contributed by atoms with van der Waals surface area (Å²) in [6.45, 7) is 2.17. The van der Waals surface area contributed by atoms with Crippen molar-refractivity contribution in [3.63, 3.8) is 0 Å². The molecule has 0 aliphatic rings. The summed E-state index contributed by atoms with van der Waals surface area (Å²) in [4.78, 5) is 0. The molecule has 0 fully saturated rings. The van der Waals surface area contributed by atoms with Crippen molar-refractivity contribution in [1.29, 1.82) is 0 Å². The monoisotopic (exact) mass is 232 g/mol. The van der Waals surface area contributed by atoms with Gasteiger partial charge in [-0.1, -0.05) is 31.2 Å². The molecule has 0 amide bonds. The molecule has 0 spiro atoms. The van der Waals surface area contributed by atoms with Gasteiger partial charge in [0.1, 0.15) is 0 Å². The van der Waals surface area contributed by atoms with E-state index >= 15 is 0 Å². The summed E-state index contributed by atoms with van der Waals surface area (Å²) in [5.41, 5.74) is 1.41. The zero-order valence-corrected chi connectivity index (χ0v) is 7.55. The summed E-state index contributed by atoms with van der Waals surface area (Å²) in [7, 11) is 0. The van der Waals surface area contributed by atoms with Crippen LogP contribution in [0, 0.1) is 3.57 Å². The minimum absolute atomic E-state index is 1.14. The van der Waals surface area contributed by atoms with Crippen LogP contribution in [0.4, 0.5) is 0 Å². The Morgan fingerprint density at radius 1 is 1.22 bits per heavy atom. The van der Waals surface area contributed by atoms with Gasteiger partial charge in [0.25, 0.3) is 0 Å². The summed E-state index contributed by atoms with van der Waals surface area (Å²) in [5, 5.41) is 0. The Hall–Kier alpha value is -0.0500. The van der Waals surface area contributed by atoms with Gasteiger partial charge >= 0.3 is 0 Å². The average molecular weight is 232 g/mol. The lowest BCUT2D eigenvalue weighted by molar-refractivity contribution is -0.328. The first kappa shape index (κ1) is 7.06. The Labute approximate surface area is 69.4 Å². The van der Waals surface area contributed by atoms with Crippen molar-refractivity contribution in [3.05, 3.63) is 33.4 Å². The molecule has 49 valence electrons. The fourth-order valence-corrected chi connectivity index (χ4v) is 1.08. The van der Waals surface area contributed by atoms with Crippen molar-refractivity contribution in [2.45, 2.75) is 13.3 Å². The van der Waals surface area contributed by atoms with Crippen LogP contribution in [0.5, 0.6) is 0 Å². The van der Waals surface area contributed by atoms with Gasteiger partial charge < -0.3 is 22.6 Å². The van der Waals surface area contributed by atoms with Crippen LogP contribution in [0.3, 0.4) is 0 Å². The predicted octanol–water partition coefficient (Wildman–Crippen LogP) is -1.03. The highest BCUT2D eigenvalue weighted by atomic mass is 127. The first-order valence-electron chi connectivity index (χ1n) is 3.07. The van der Waals surface area contributed by atoms with Gasteiger partial charge in [-0.05, 0) is 12.0 Å². The molecule has 0 saturated heterocycles. The van der Waals surface area contributed by atoms with Crippen molar-refractivity contribution in [3.8, 4) is 0 Å². The van der Waals surface area contributed by atoms with Crippen LogP contribution < -0.4 is 22.6 Å². The molecule has 0 heterocycles. The van der Waals surface area contributed by atoms with E-state index < -0.39 is 0 Å². The number of hydrogen-bond acceptors (Lipinski definition) is 0. The van der Waals surface area contributed by atoms with E-state index in [0.717, 1.165) is 6.42 Å². The summed E-state index contributed by atoms with van der Waals surface area (Å²) in [6.07, 6.45) is 1.14. The van der Waals surface area contributed by atoms with Crippen molar-refractivity contribution in [2.24, 2.45) is 0 Å². The maximum absolute atomic E-state index is 2.31. The highest BCUT2D eigenvalue weighted by Crippen LogP contribution is 1.97. The molecule has 0 atom stereocenters. The van der Waals surface area contributed by atoms with Gasteiger partial charge in [-0.25, -0.2) is 0 Å². The van der Waals surface area contributed by atoms with E-state index in [4.69, 9.17) is 0 Å². The number of hydrogen-bond donors (Lipinski definition) is 0. The van der Waals surface area contributed by atoms with Crippen LogP contribution in [0.15, 0.2) is 24.3 Å². The molecule has 0 aliphatic carbocycles. The van der Waals surface area contributed by atoms with E-state index in [2.05, 4.69) is 53.8 Å². The number of rotatable bonds is 1. The standard InChI is InChI=1S/C8H9I/c1-2-7-3-5-8(9)6-4-7/h3-6H,2H2,1H3/q-1. The molecular weight excluding hydrogens is 223 g/mol. The van der Waals surface area contributed by atoms with Gasteiger partial charge in [-0.2, -0.15) is 3.57 Å². The highest BCUT2D eigenvalue weighted by Gasteiger charge is 1.81. The van der Waals surface area contributed by atoms with Gasteiger partial charge in [0, 0.05) is 0 Å². The lowest BCUT2D eigenvalue weighted by atomic mass is 10.2. The fourth-order valence-electron chi connectivity index (χ4n) is 0.720. The first-order chi connectivity index (χ1) is 4.33. The van der Waals surface area contributed by atoms with E-state index in [1.54, 1.807) is 0 Å². The molecule has 1 radical (unpaired) electrons. The van der Waals surface area contributed by atoms with Crippen molar-refractivity contribution in [1.82, 2.24) is 0 Å². The summed E-state index contributed by atoms with van der Waals surface area (Å²) < 4.78 is 1.31. The third kappa shape index (κ3) is 1.97. The Morgan fingerprint density at radius 2 is 1.78 bits per heavy atom. The molecular formula is C8H9I-. The third-order valence-electron chi connectivity index (χ3n) is 1.32. The van der Waals surface area contributed by atoms with Crippen molar-refractivity contribution >= 4 is 0 Å². The smallest absolute Gasteiger partial charge is 0.0307 e. The second-order valence-electron chi connectivity index (χ2n) is 1.98. The van der Waals surface area contributed by atoms with E-state index in [0.29, 0.717) is 0 Å². The molecule has 0 aliphatic heterocycles. The van der Waals surface area contributed by atoms with Gasteiger partial charge in [0.2, 0.25) is 0 Å². The van der Waals surface area contributed by atoms with Crippen LogP contribution in [-0.4, -0.2) is 0 Å². The van der Waals surface area contributed by atoms with Gasteiger partial charge in [0.05, 0.1) is 0 Å². The molecule has 0 nitrogen and oxygen atoms in total. The molecule has 0 aromatic heterocycles. The second-order valence-corrected chi connectivity index (χ2v) is 3.23. The minimum atomic E-state index is 1.14. The number of halogens is 1. The molecule has 1 aromatic rings. The number of aryl methyl sites for hydroxylation is 1. The lowest BCUT2D eigenvalue weighted by Crippen LogP contribution is -3.34. The van der Waals surface area contributed by atoms with Crippen LogP contribution >= 0.6 is 0 Å². The second kappa shape index (κ2) is 3.20. The predicted molar refractivity (Wildman–Crippen MR) is 34.5 cm³/mol. The molecule has 0 saturated carbocycles. The molecule has 1 aromatic carbocycles. The van der Waals surface area contributed by atoms with Gasteiger partial charge in [0.15, 0.2) is 0 Å². The first-order valence-corrected chi connectivity index (χ1v) is 4.15. The maximum atomic E-state index is 2.31. The molecule has 0 unspecified atom stereocenters. The van der Waals surface area contributed by atoms with Gasteiger partial charge in [-0.3, -0.25) is 0 Å².